The van der Waals surface area contributed by atoms with Crippen molar-refractivity contribution in [1.82, 2.24) is 19.4 Å². The lowest BCUT2D eigenvalue weighted by Gasteiger charge is -2.38. The molecule has 2 fully saturated rings. The third-order valence-corrected chi connectivity index (χ3v) is 5.54. The average molecular weight is 354 g/mol. The minimum Gasteiger partial charge on any atom is -0.381 e. The van der Waals surface area contributed by atoms with Crippen LogP contribution >= 0.6 is 0 Å². The number of nitrogens with zero attached hydrogens (tertiary/aromatic N) is 4. The van der Waals surface area contributed by atoms with Crippen LogP contribution in [-0.4, -0.2) is 70.6 Å². The third-order valence-electron chi connectivity index (χ3n) is 5.54. The van der Waals surface area contributed by atoms with Gasteiger partial charge in [0.1, 0.15) is 11.5 Å². The smallest absolute Gasteiger partial charge is 0.282 e. The third kappa shape index (κ3) is 3.29. The molecule has 8 heteroatoms. The van der Waals surface area contributed by atoms with Crippen molar-refractivity contribution in [3.8, 4) is 0 Å². The molecule has 1 aromatic heterocycles. The molecule has 0 bridgehead atoms. The molecular formula is C17H24F2N4O2. The summed E-state index contributed by atoms with van der Waals surface area (Å²) in [4.78, 5) is 20.4. The zero-order valence-corrected chi connectivity index (χ0v) is 14.5. The lowest BCUT2D eigenvalue weighted by atomic mass is 9.98. The van der Waals surface area contributed by atoms with E-state index in [1.54, 1.807) is 6.20 Å². The van der Waals surface area contributed by atoms with Crippen LogP contribution in [0, 0.1) is 5.92 Å². The second-order valence-electron chi connectivity index (χ2n) is 7.42. The van der Waals surface area contributed by atoms with E-state index in [9.17, 15) is 13.6 Å². The molecule has 25 heavy (non-hydrogen) atoms. The highest BCUT2D eigenvalue weighted by molar-refractivity contribution is 5.93. The number of carbonyl (C=O) groups is 1. The Morgan fingerprint density at radius 3 is 2.72 bits per heavy atom. The molecule has 0 aliphatic carbocycles. The fourth-order valence-corrected chi connectivity index (χ4v) is 3.97. The first-order valence-corrected chi connectivity index (χ1v) is 8.99. The zero-order valence-electron chi connectivity index (χ0n) is 14.5. The van der Waals surface area contributed by atoms with Crippen molar-refractivity contribution in [2.24, 2.45) is 5.92 Å². The molecule has 138 valence electrons. The van der Waals surface area contributed by atoms with Gasteiger partial charge in [-0.05, 0) is 25.7 Å². The molecule has 4 heterocycles. The summed E-state index contributed by atoms with van der Waals surface area (Å²) in [5.41, 5.74) is 0.283. The van der Waals surface area contributed by atoms with Gasteiger partial charge in [-0.2, -0.15) is 0 Å². The van der Waals surface area contributed by atoms with Crippen LogP contribution in [0.1, 0.15) is 42.1 Å². The minimum absolute atomic E-state index is 0.121. The van der Waals surface area contributed by atoms with E-state index in [0.29, 0.717) is 5.92 Å². The van der Waals surface area contributed by atoms with Gasteiger partial charge in [-0.1, -0.05) is 0 Å². The molecule has 0 aromatic carbocycles. The minimum atomic E-state index is -2.75. The molecule has 3 aliphatic rings. The maximum absolute atomic E-state index is 13.0. The molecule has 6 nitrogen and oxygen atoms in total. The van der Waals surface area contributed by atoms with E-state index in [0.717, 1.165) is 51.5 Å². The van der Waals surface area contributed by atoms with E-state index in [-0.39, 0.29) is 11.7 Å². The highest BCUT2D eigenvalue weighted by Gasteiger charge is 2.47. The van der Waals surface area contributed by atoms with Gasteiger partial charge in [0.15, 0.2) is 0 Å². The van der Waals surface area contributed by atoms with Gasteiger partial charge in [0, 0.05) is 39.0 Å². The van der Waals surface area contributed by atoms with Crippen molar-refractivity contribution in [1.29, 1.82) is 0 Å². The molecule has 4 rings (SSSR count). The van der Waals surface area contributed by atoms with E-state index in [1.807, 2.05) is 4.57 Å². The number of hydrogen-bond acceptors (Lipinski definition) is 4. The Morgan fingerprint density at radius 2 is 2.04 bits per heavy atom. The number of imidazole rings is 1. The Balaban J connectivity index is 1.43. The molecule has 0 radical (unpaired) electrons. The van der Waals surface area contributed by atoms with E-state index < -0.39 is 24.9 Å². The normalized spacial score (nSPS) is 27.0. The number of likely N-dealkylation sites (tertiary alicyclic amines) is 1. The van der Waals surface area contributed by atoms with Crippen molar-refractivity contribution < 1.29 is 18.3 Å². The highest BCUT2D eigenvalue weighted by atomic mass is 19.3. The second kappa shape index (κ2) is 6.32. The lowest BCUT2D eigenvalue weighted by Crippen LogP contribution is -2.58. The number of rotatable bonds is 3. The van der Waals surface area contributed by atoms with Crippen LogP contribution in [0.15, 0.2) is 6.20 Å². The number of amides is 1. The quantitative estimate of drug-likeness (QED) is 0.830. The summed E-state index contributed by atoms with van der Waals surface area (Å²) < 4.78 is 33.4. The molecule has 0 saturated carbocycles. The number of aromatic nitrogens is 2. The molecule has 2 saturated heterocycles. The van der Waals surface area contributed by atoms with Crippen molar-refractivity contribution in [2.75, 3.05) is 39.4 Å². The molecule has 0 spiro atoms. The molecule has 0 N–H and O–H groups in total. The molecule has 1 amide bonds. The topological polar surface area (TPSA) is 50.6 Å². The number of alkyl halides is 2. The number of halogens is 2. The van der Waals surface area contributed by atoms with E-state index in [1.165, 1.54) is 4.90 Å². The summed E-state index contributed by atoms with van der Waals surface area (Å²) >= 11 is 0. The summed E-state index contributed by atoms with van der Waals surface area (Å²) in [5, 5.41) is 0. The summed E-state index contributed by atoms with van der Waals surface area (Å²) in [5.74, 6) is -1.64. The standard InChI is InChI=1S/C17H24F2N4O2/c1-12-15-20-14(16(24)23-10-17(18,19)11-23)9-22(15)5-4-21(12)8-13-2-6-25-7-3-13/h9,12-13H,2-8,10-11H2,1H3/t12-/m1/s1. The number of fused-ring (bicyclic) bond motifs is 1. The average Bonchev–Trinajstić information content (AvgIpc) is 3.00. The number of ether oxygens (including phenoxy) is 1. The molecule has 3 aliphatic heterocycles. The van der Waals surface area contributed by atoms with Crippen LogP contribution < -0.4 is 0 Å². The fraction of sp³-hybridized carbons (Fsp3) is 0.765. The first-order chi connectivity index (χ1) is 11.9. The van der Waals surface area contributed by atoms with E-state index in [4.69, 9.17) is 4.74 Å². The highest BCUT2D eigenvalue weighted by Crippen LogP contribution is 2.30. The monoisotopic (exact) mass is 354 g/mol. The van der Waals surface area contributed by atoms with Crippen molar-refractivity contribution in [3.05, 3.63) is 17.7 Å². The SMILES string of the molecule is C[C@@H]1c2nc(C(=O)N3CC(F)(F)C3)cn2CCN1CC1CCOCC1. The molecule has 0 unspecified atom stereocenters. The maximum Gasteiger partial charge on any atom is 0.282 e. The van der Waals surface area contributed by atoms with Gasteiger partial charge < -0.3 is 14.2 Å². The Bertz CT molecular complexity index is 649. The molecule has 1 atom stereocenters. The predicted octanol–water partition coefficient (Wildman–Crippen LogP) is 1.78. The Morgan fingerprint density at radius 1 is 1.32 bits per heavy atom. The predicted molar refractivity (Wildman–Crippen MR) is 86.6 cm³/mol. The largest absolute Gasteiger partial charge is 0.381 e. The fourth-order valence-electron chi connectivity index (χ4n) is 3.97. The van der Waals surface area contributed by atoms with E-state index in [2.05, 4.69) is 16.8 Å². The summed E-state index contributed by atoms with van der Waals surface area (Å²) in [6, 6.07) is 0.121. The second-order valence-corrected chi connectivity index (χ2v) is 7.42. The van der Waals surface area contributed by atoms with Gasteiger partial charge in [0.2, 0.25) is 0 Å². The van der Waals surface area contributed by atoms with Crippen molar-refractivity contribution >= 4 is 5.91 Å². The van der Waals surface area contributed by atoms with Crippen molar-refractivity contribution in [3.63, 3.8) is 0 Å². The number of carbonyl (C=O) groups excluding carboxylic acids is 1. The zero-order chi connectivity index (χ0) is 17.6. The summed E-state index contributed by atoms with van der Waals surface area (Å²) in [6.07, 6.45) is 3.89. The summed E-state index contributed by atoms with van der Waals surface area (Å²) in [6.45, 7) is 5.47. The van der Waals surface area contributed by atoms with Crippen LogP contribution in [0.5, 0.6) is 0 Å². The van der Waals surface area contributed by atoms with Gasteiger partial charge in [-0.15, -0.1) is 0 Å². The van der Waals surface area contributed by atoms with Gasteiger partial charge in [-0.25, -0.2) is 13.8 Å². The lowest BCUT2D eigenvalue weighted by molar-refractivity contribution is -0.113. The summed E-state index contributed by atoms with van der Waals surface area (Å²) in [7, 11) is 0. The Hall–Kier alpha value is -1.54. The Kier molecular flexibility index (Phi) is 4.27. The van der Waals surface area contributed by atoms with Gasteiger partial charge in [0.05, 0.1) is 19.1 Å². The van der Waals surface area contributed by atoms with Crippen LogP contribution in [-0.2, 0) is 11.3 Å². The van der Waals surface area contributed by atoms with Gasteiger partial charge in [0.25, 0.3) is 11.8 Å². The van der Waals surface area contributed by atoms with Crippen molar-refractivity contribution in [2.45, 2.75) is 38.3 Å². The van der Waals surface area contributed by atoms with Gasteiger partial charge in [-0.3, -0.25) is 9.69 Å². The van der Waals surface area contributed by atoms with Crippen LogP contribution in [0.4, 0.5) is 8.78 Å². The van der Waals surface area contributed by atoms with Crippen LogP contribution in [0.3, 0.4) is 0 Å². The Labute approximate surface area is 145 Å². The molecular weight excluding hydrogens is 330 g/mol. The molecule has 1 aromatic rings. The number of hydrogen-bond donors (Lipinski definition) is 0. The van der Waals surface area contributed by atoms with Crippen LogP contribution in [0.2, 0.25) is 0 Å². The van der Waals surface area contributed by atoms with E-state index >= 15 is 0 Å². The first kappa shape index (κ1) is 16.9. The van der Waals surface area contributed by atoms with Crippen LogP contribution in [0.25, 0.3) is 0 Å². The maximum atomic E-state index is 13.0. The van der Waals surface area contributed by atoms with Gasteiger partial charge >= 0.3 is 0 Å². The first-order valence-electron chi connectivity index (χ1n) is 8.99.